The van der Waals surface area contributed by atoms with Crippen molar-refractivity contribution < 1.29 is 8.42 Å². The quantitative estimate of drug-likeness (QED) is 0.900. The Hall–Kier alpha value is -0.910. The first-order valence-corrected chi connectivity index (χ1v) is 9.04. The molecule has 5 heteroatoms. The molecule has 1 aliphatic heterocycles. The molecular weight excluding hydrogens is 284 g/mol. The highest BCUT2D eigenvalue weighted by molar-refractivity contribution is 7.89. The molecule has 0 saturated carbocycles. The molecule has 1 aromatic rings. The minimum absolute atomic E-state index is 0.0389. The van der Waals surface area contributed by atoms with Gasteiger partial charge in [0.2, 0.25) is 10.0 Å². The van der Waals surface area contributed by atoms with Gasteiger partial charge in [-0.3, -0.25) is 0 Å². The van der Waals surface area contributed by atoms with E-state index in [0.29, 0.717) is 4.90 Å². The van der Waals surface area contributed by atoms with Crippen molar-refractivity contribution in [1.82, 2.24) is 10.0 Å². The Morgan fingerprint density at radius 1 is 0.857 bits per heavy atom. The van der Waals surface area contributed by atoms with E-state index in [-0.39, 0.29) is 6.04 Å². The van der Waals surface area contributed by atoms with Crippen LogP contribution in [0.1, 0.15) is 40.7 Å². The molecule has 0 amide bonds. The van der Waals surface area contributed by atoms with Crippen LogP contribution in [0.4, 0.5) is 0 Å². The molecule has 1 heterocycles. The second-order valence-electron chi connectivity index (χ2n) is 6.10. The van der Waals surface area contributed by atoms with E-state index in [0.717, 1.165) is 48.2 Å². The molecule has 1 saturated heterocycles. The molecule has 21 heavy (non-hydrogen) atoms. The molecule has 4 nitrogen and oxygen atoms in total. The summed E-state index contributed by atoms with van der Waals surface area (Å²) in [5.74, 6) is 0. The van der Waals surface area contributed by atoms with Gasteiger partial charge in [-0.25, -0.2) is 13.1 Å². The van der Waals surface area contributed by atoms with Gasteiger partial charge in [0.1, 0.15) is 0 Å². The molecule has 0 aliphatic carbocycles. The Morgan fingerprint density at radius 2 is 1.29 bits per heavy atom. The lowest BCUT2D eigenvalue weighted by Gasteiger charge is -2.25. The first-order valence-electron chi connectivity index (χ1n) is 7.55. The van der Waals surface area contributed by atoms with E-state index in [4.69, 9.17) is 0 Å². The summed E-state index contributed by atoms with van der Waals surface area (Å²) in [4.78, 5) is 0.474. The number of piperidine rings is 1. The lowest BCUT2D eigenvalue weighted by molar-refractivity contribution is 0.427. The van der Waals surface area contributed by atoms with Gasteiger partial charge in [-0.2, -0.15) is 0 Å². The molecule has 1 aromatic carbocycles. The van der Waals surface area contributed by atoms with Crippen LogP contribution < -0.4 is 10.0 Å². The number of hydrogen-bond donors (Lipinski definition) is 2. The third-order valence-corrected chi connectivity index (χ3v) is 6.65. The molecule has 0 atom stereocenters. The van der Waals surface area contributed by atoms with Crippen LogP contribution in [0.5, 0.6) is 0 Å². The number of hydrogen-bond acceptors (Lipinski definition) is 3. The second-order valence-corrected chi connectivity index (χ2v) is 7.75. The highest BCUT2D eigenvalue weighted by atomic mass is 32.2. The fraction of sp³-hybridized carbons (Fsp3) is 0.625. The van der Waals surface area contributed by atoms with Gasteiger partial charge in [0.15, 0.2) is 0 Å². The lowest BCUT2D eigenvalue weighted by Crippen LogP contribution is -2.43. The Bertz CT molecular complexity index is 616. The zero-order valence-corrected chi connectivity index (χ0v) is 14.4. The van der Waals surface area contributed by atoms with E-state index in [1.807, 2.05) is 27.7 Å². The Kier molecular flexibility index (Phi) is 4.76. The fourth-order valence-corrected chi connectivity index (χ4v) is 4.99. The highest BCUT2D eigenvalue weighted by Gasteiger charge is 2.26. The van der Waals surface area contributed by atoms with Crippen molar-refractivity contribution >= 4 is 10.0 Å². The van der Waals surface area contributed by atoms with Gasteiger partial charge in [-0.1, -0.05) is 0 Å². The first kappa shape index (κ1) is 16.5. The van der Waals surface area contributed by atoms with Gasteiger partial charge < -0.3 is 5.32 Å². The van der Waals surface area contributed by atoms with Crippen molar-refractivity contribution in [1.29, 1.82) is 0 Å². The summed E-state index contributed by atoms with van der Waals surface area (Å²) in [6, 6.07) is 0.0389. The average molecular weight is 310 g/mol. The van der Waals surface area contributed by atoms with E-state index in [1.54, 1.807) is 0 Å². The van der Waals surface area contributed by atoms with Gasteiger partial charge in [-0.15, -0.1) is 0 Å². The molecule has 2 rings (SSSR count). The zero-order valence-electron chi connectivity index (χ0n) is 13.6. The lowest BCUT2D eigenvalue weighted by atomic mass is 9.95. The monoisotopic (exact) mass is 310 g/mol. The molecule has 1 fully saturated rings. The van der Waals surface area contributed by atoms with E-state index in [1.165, 1.54) is 5.56 Å². The average Bonchev–Trinajstić information content (AvgIpc) is 2.43. The maximum Gasteiger partial charge on any atom is 0.241 e. The number of rotatable bonds is 3. The van der Waals surface area contributed by atoms with Crippen molar-refractivity contribution in [2.24, 2.45) is 0 Å². The third kappa shape index (κ3) is 3.15. The van der Waals surface area contributed by atoms with Crippen LogP contribution in [0.3, 0.4) is 0 Å². The van der Waals surface area contributed by atoms with Crippen molar-refractivity contribution in [2.45, 2.75) is 58.4 Å². The number of nitrogens with one attached hydrogen (secondary N) is 2. The van der Waals surface area contributed by atoms with Crippen LogP contribution in [0.25, 0.3) is 0 Å². The molecule has 1 aliphatic rings. The molecule has 0 spiro atoms. The van der Waals surface area contributed by atoms with E-state index in [2.05, 4.69) is 17.0 Å². The van der Waals surface area contributed by atoms with Crippen LogP contribution >= 0.6 is 0 Å². The van der Waals surface area contributed by atoms with Crippen molar-refractivity contribution in [3.8, 4) is 0 Å². The predicted octanol–water partition coefficient (Wildman–Crippen LogP) is 2.26. The summed E-state index contributed by atoms with van der Waals surface area (Å²) >= 11 is 0. The summed E-state index contributed by atoms with van der Waals surface area (Å²) in [7, 11) is -3.46. The van der Waals surface area contributed by atoms with Crippen molar-refractivity contribution in [3.05, 3.63) is 27.8 Å². The standard InChI is InChI=1S/C16H26N2O2S/c1-10-11(2)13(4)16(14(5)12(10)3)21(19,20)18-15-6-8-17-9-7-15/h15,17-18H,6-9H2,1-5H3. The maximum absolute atomic E-state index is 12.8. The van der Waals surface area contributed by atoms with Gasteiger partial charge in [-0.05, 0) is 88.4 Å². The van der Waals surface area contributed by atoms with Gasteiger partial charge in [0.25, 0.3) is 0 Å². The Morgan fingerprint density at radius 3 is 1.76 bits per heavy atom. The number of sulfonamides is 1. The van der Waals surface area contributed by atoms with Gasteiger partial charge >= 0.3 is 0 Å². The topological polar surface area (TPSA) is 58.2 Å². The van der Waals surface area contributed by atoms with E-state index < -0.39 is 10.0 Å². The van der Waals surface area contributed by atoms with Crippen LogP contribution in [0.2, 0.25) is 0 Å². The molecule has 0 radical (unpaired) electrons. The van der Waals surface area contributed by atoms with Crippen LogP contribution in [-0.4, -0.2) is 27.5 Å². The summed E-state index contributed by atoms with van der Waals surface area (Å²) in [6.07, 6.45) is 1.70. The molecule has 0 unspecified atom stereocenters. The van der Waals surface area contributed by atoms with Crippen molar-refractivity contribution in [3.63, 3.8) is 0 Å². The van der Waals surface area contributed by atoms with Crippen LogP contribution in [0, 0.1) is 34.6 Å². The second kappa shape index (κ2) is 6.07. The Balaban J connectivity index is 2.45. The first-order chi connectivity index (χ1) is 9.75. The predicted molar refractivity (Wildman–Crippen MR) is 86.3 cm³/mol. The minimum Gasteiger partial charge on any atom is -0.317 e. The molecular formula is C16H26N2O2S. The smallest absolute Gasteiger partial charge is 0.241 e. The molecule has 118 valence electrons. The van der Waals surface area contributed by atoms with Crippen molar-refractivity contribution in [2.75, 3.05) is 13.1 Å². The van der Waals surface area contributed by atoms with E-state index >= 15 is 0 Å². The van der Waals surface area contributed by atoms with Crippen LogP contribution in [0.15, 0.2) is 4.90 Å². The summed E-state index contributed by atoms with van der Waals surface area (Å²) in [6.45, 7) is 11.6. The van der Waals surface area contributed by atoms with Gasteiger partial charge in [0, 0.05) is 6.04 Å². The molecule has 0 bridgehead atoms. The van der Waals surface area contributed by atoms with E-state index in [9.17, 15) is 8.42 Å². The third-order valence-electron chi connectivity index (χ3n) is 4.86. The minimum atomic E-state index is -3.46. The highest BCUT2D eigenvalue weighted by Crippen LogP contribution is 2.29. The largest absolute Gasteiger partial charge is 0.317 e. The SMILES string of the molecule is Cc1c(C)c(C)c(S(=O)(=O)NC2CCNCC2)c(C)c1C. The summed E-state index contributed by atoms with van der Waals surface area (Å²) in [5.41, 5.74) is 5.08. The summed E-state index contributed by atoms with van der Waals surface area (Å²) < 4.78 is 28.6. The fourth-order valence-electron chi connectivity index (χ4n) is 3.09. The normalized spacial score (nSPS) is 17.2. The number of benzene rings is 1. The molecule has 0 aromatic heterocycles. The van der Waals surface area contributed by atoms with Gasteiger partial charge in [0.05, 0.1) is 4.90 Å². The molecule has 2 N–H and O–H groups in total. The van der Waals surface area contributed by atoms with Crippen LogP contribution in [-0.2, 0) is 10.0 Å². The Labute approximate surface area is 128 Å². The maximum atomic E-state index is 12.8. The zero-order chi connectivity index (χ0) is 15.8. The summed E-state index contributed by atoms with van der Waals surface area (Å²) in [5, 5.41) is 3.25.